The maximum absolute atomic E-state index is 12.7. The van der Waals surface area contributed by atoms with E-state index in [4.69, 9.17) is 11.6 Å². The van der Waals surface area contributed by atoms with Crippen LogP contribution < -0.4 is 4.72 Å². The molecule has 3 rings (SSSR count). The van der Waals surface area contributed by atoms with Gasteiger partial charge in [-0.3, -0.25) is 14.4 Å². The summed E-state index contributed by atoms with van der Waals surface area (Å²) in [5.74, 6) is 0.103. The molecule has 0 saturated carbocycles. The molecule has 29 heavy (non-hydrogen) atoms. The van der Waals surface area contributed by atoms with Crippen LogP contribution in [0, 0.1) is 5.92 Å². The number of aliphatic hydroxyl groups is 1. The Morgan fingerprint density at radius 1 is 1.14 bits per heavy atom. The van der Waals surface area contributed by atoms with Crippen LogP contribution >= 0.6 is 11.6 Å². The van der Waals surface area contributed by atoms with Crippen LogP contribution in [0.2, 0.25) is 5.02 Å². The largest absolute Gasteiger partial charge is 0.394 e. The summed E-state index contributed by atoms with van der Waals surface area (Å²) in [6.45, 7) is 1.37. The Labute approximate surface area is 176 Å². The van der Waals surface area contributed by atoms with Gasteiger partial charge in [0.05, 0.1) is 18.9 Å². The maximum Gasteiger partial charge on any atom is 0.229 e. The monoisotopic (exact) mass is 436 g/mol. The van der Waals surface area contributed by atoms with Gasteiger partial charge in [0.2, 0.25) is 10.0 Å². The van der Waals surface area contributed by atoms with Crippen molar-refractivity contribution in [2.75, 3.05) is 30.7 Å². The highest BCUT2D eigenvalue weighted by atomic mass is 35.5. The van der Waals surface area contributed by atoms with E-state index in [-0.39, 0.29) is 24.3 Å². The molecule has 2 aromatic rings. The number of nitrogens with zero attached hydrogens (tertiary/aromatic N) is 1. The van der Waals surface area contributed by atoms with E-state index in [1.165, 1.54) is 0 Å². The predicted octanol–water partition coefficient (Wildman–Crippen LogP) is 3.34. The van der Waals surface area contributed by atoms with Gasteiger partial charge in [0, 0.05) is 22.2 Å². The van der Waals surface area contributed by atoms with Crippen LogP contribution in [0.1, 0.15) is 34.8 Å². The van der Waals surface area contributed by atoms with Crippen molar-refractivity contribution < 1.29 is 18.3 Å². The van der Waals surface area contributed by atoms with E-state index in [0.29, 0.717) is 29.4 Å². The minimum absolute atomic E-state index is 0.0342. The minimum atomic E-state index is -3.33. The van der Waals surface area contributed by atoms with Crippen LogP contribution in [0.4, 0.5) is 5.69 Å². The number of Topliss-reactive ketones (excluding diaryl/α,β-unsaturated/α-hetero) is 1. The zero-order valence-corrected chi connectivity index (χ0v) is 17.8. The van der Waals surface area contributed by atoms with E-state index in [0.717, 1.165) is 24.7 Å². The molecule has 1 fully saturated rings. The lowest BCUT2D eigenvalue weighted by Crippen LogP contribution is -2.40. The van der Waals surface area contributed by atoms with Crippen LogP contribution in [-0.4, -0.2) is 50.2 Å². The molecule has 1 saturated heterocycles. The molecule has 0 radical (unpaired) electrons. The van der Waals surface area contributed by atoms with Gasteiger partial charge in [-0.05, 0) is 67.9 Å². The van der Waals surface area contributed by atoms with Gasteiger partial charge in [0.1, 0.15) is 0 Å². The van der Waals surface area contributed by atoms with Crippen LogP contribution in [0.15, 0.2) is 48.5 Å². The summed E-state index contributed by atoms with van der Waals surface area (Å²) >= 11 is 5.90. The number of anilines is 1. The van der Waals surface area contributed by atoms with E-state index < -0.39 is 10.0 Å². The lowest BCUT2D eigenvalue weighted by atomic mass is 9.88. The molecule has 2 aromatic carbocycles. The third kappa shape index (κ3) is 5.79. The van der Waals surface area contributed by atoms with E-state index in [1.54, 1.807) is 36.4 Å². The number of halogens is 1. The van der Waals surface area contributed by atoms with Crippen molar-refractivity contribution in [1.82, 2.24) is 4.90 Å². The molecule has 1 heterocycles. The predicted molar refractivity (Wildman–Crippen MR) is 115 cm³/mol. The van der Waals surface area contributed by atoms with E-state index in [2.05, 4.69) is 9.62 Å². The Kier molecular flexibility index (Phi) is 6.95. The Morgan fingerprint density at radius 3 is 2.24 bits per heavy atom. The van der Waals surface area contributed by atoms with Crippen molar-refractivity contribution in [3.63, 3.8) is 0 Å². The second-order valence-corrected chi connectivity index (χ2v) is 9.56. The number of hydrogen-bond acceptors (Lipinski definition) is 5. The summed E-state index contributed by atoms with van der Waals surface area (Å²) in [6, 6.07) is 13.8. The molecule has 1 aliphatic heterocycles. The minimum Gasteiger partial charge on any atom is -0.394 e. The number of ketones is 1. The smallest absolute Gasteiger partial charge is 0.229 e. The van der Waals surface area contributed by atoms with Gasteiger partial charge < -0.3 is 5.11 Å². The molecular formula is C21H25ClN2O4S. The number of carbonyl (C=O) groups excluding carboxylic acids is 1. The van der Waals surface area contributed by atoms with Crippen molar-refractivity contribution in [1.29, 1.82) is 0 Å². The van der Waals surface area contributed by atoms with Gasteiger partial charge in [-0.2, -0.15) is 0 Å². The van der Waals surface area contributed by atoms with Gasteiger partial charge in [-0.15, -0.1) is 0 Å². The SMILES string of the molecule is CS(=O)(=O)Nc1ccc(C(CO)N2CCC(C(=O)c3ccc(Cl)cc3)CC2)cc1. The highest BCUT2D eigenvalue weighted by Gasteiger charge is 2.29. The van der Waals surface area contributed by atoms with Crippen LogP contribution in [-0.2, 0) is 10.0 Å². The quantitative estimate of drug-likeness (QED) is 0.650. The zero-order valence-electron chi connectivity index (χ0n) is 16.2. The summed E-state index contributed by atoms with van der Waals surface area (Å²) < 4.78 is 25.1. The Bertz CT molecular complexity index is 938. The van der Waals surface area contributed by atoms with Crippen molar-refractivity contribution in [2.45, 2.75) is 18.9 Å². The first-order valence-electron chi connectivity index (χ1n) is 9.49. The molecule has 0 amide bonds. The molecule has 1 aliphatic rings. The molecule has 0 spiro atoms. The van der Waals surface area contributed by atoms with Crippen LogP contribution in [0.25, 0.3) is 0 Å². The Balaban J connectivity index is 1.62. The highest BCUT2D eigenvalue weighted by molar-refractivity contribution is 7.92. The molecule has 156 valence electrons. The standard InChI is InChI=1S/C21H25ClN2O4S/c1-29(27,28)23-19-8-4-15(5-9-19)20(14-25)24-12-10-17(11-13-24)21(26)16-2-6-18(22)7-3-16/h2-9,17,20,23,25H,10-14H2,1H3. The third-order valence-corrected chi connectivity index (χ3v) is 6.10. The summed E-state index contributed by atoms with van der Waals surface area (Å²) in [5, 5.41) is 10.5. The number of benzene rings is 2. The number of likely N-dealkylation sites (tertiary alicyclic amines) is 1. The van der Waals surface area contributed by atoms with Crippen molar-refractivity contribution >= 4 is 33.1 Å². The van der Waals surface area contributed by atoms with Crippen molar-refractivity contribution in [2.24, 2.45) is 5.92 Å². The van der Waals surface area contributed by atoms with E-state index in [9.17, 15) is 18.3 Å². The molecule has 0 aliphatic carbocycles. The van der Waals surface area contributed by atoms with Crippen molar-refractivity contribution in [3.8, 4) is 0 Å². The molecule has 1 unspecified atom stereocenters. The summed E-state index contributed by atoms with van der Waals surface area (Å²) in [5.41, 5.74) is 2.08. The number of sulfonamides is 1. The summed E-state index contributed by atoms with van der Waals surface area (Å²) in [4.78, 5) is 14.9. The molecular weight excluding hydrogens is 412 g/mol. The fourth-order valence-corrected chi connectivity index (χ4v) is 4.43. The average molecular weight is 437 g/mol. The van der Waals surface area contributed by atoms with Gasteiger partial charge in [0.25, 0.3) is 0 Å². The first-order valence-corrected chi connectivity index (χ1v) is 11.8. The molecule has 1 atom stereocenters. The fourth-order valence-electron chi connectivity index (χ4n) is 3.74. The zero-order chi connectivity index (χ0) is 21.0. The summed E-state index contributed by atoms with van der Waals surface area (Å²) in [7, 11) is -3.33. The lowest BCUT2D eigenvalue weighted by Gasteiger charge is -2.36. The van der Waals surface area contributed by atoms with Gasteiger partial charge in [0.15, 0.2) is 5.78 Å². The number of aliphatic hydroxyl groups excluding tert-OH is 1. The number of piperidine rings is 1. The molecule has 8 heteroatoms. The Morgan fingerprint density at radius 2 is 1.72 bits per heavy atom. The molecule has 0 bridgehead atoms. The first-order chi connectivity index (χ1) is 13.8. The molecule has 2 N–H and O–H groups in total. The first kappa shape index (κ1) is 21.8. The number of nitrogens with one attached hydrogen (secondary N) is 1. The van der Waals surface area contributed by atoms with E-state index >= 15 is 0 Å². The third-order valence-electron chi connectivity index (χ3n) is 5.24. The normalized spacial score (nSPS) is 17.1. The number of hydrogen-bond donors (Lipinski definition) is 2. The number of rotatable bonds is 7. The van der Waals surface area contributed by atoms with Gasteiger partial charge in [-0.1, -0.05) is 23.7 Å². The second-order valence-electron chi connectivity index (χ2n) is 7.38. The summed E-state index contributed by atoms with van der Waals surface area (Å²) in [6.07, 6.45) is 2.56. The fraction of sp³-hybridized carbons (Fsp3) is 0.381. The molecule has 6 nitrogen and oxygen atoms in total. The second kappa shape index (κ2) is 9.26. The van der Waals surface area contributed by atoms with Crippen LogP contribution in [0.3, 0.4) is 0 Å². The number of carbonyl (C=O) groups is 1. The van der Waals surface area contributed by atoms with Gasteiger partial charge >= 0.3 is 0 Å². The highest BCUT2D eigenvalue weighted by Crippen LogP contribution is 2.29. The average Bonchev–Trinajstić information content (AvgIpc) is 2.69. The molecule has 0 aromatic heterocycles. The Hall–Kier alpha value is -1.93. The lowest BCUT2D eigenvalue weighted by molar-refractivity contribution is 0.0690. The van der Waals surface area contributed by atoms with Crippen LogP contribution in [0.5, 0.6) is 0 Å². The maximum atomic E-state index is 12.7. The van der Waals surface area contributed by atoms with E-state index in [1.807, 2.05) is 12.1 Å². The van der Waals surface area contributed by atoms with Crippen molar-refractivity contribution in [3.05, 3.63) is 64.7 Å². The topological polar surface area (TPSA) is 86.7 Å². The van der Waals surface area contributed by atoms with Gasteiger partial charge in [-0.25, -0.2) is 8.42 Å².